The van der Waals surface area contributed by atoms with Crippen LogP contribution < -0.4 is 15.6 Å². The van der Waals surface area contributed by atoms with Gasteiger partial charge in [-0.15, -0.1) is 5.10 Å². The number of nitrogens with one attached hydrogen (secondary N) is 1. The molecule has 0 unspecified atom stereocenters. The first-order valence-corrected chi connectivity index (χ1v) is 9.19. The van der Waals surface area contributed by atoms with E-state index in [-0.39, 0.29) is 11.2 Å². The smallest absolute Gasteiger partial charge is 0.418 e. The molecule has 0 aliphatic heterocycles. The topological polar surface area (TPSA) is 104 Å². The molecule has 0 fully saturated rings. The predicted molar refractivity (Wildman–Crippen MR) is 108 cm³/mol. The van der Waals surface area contributed by atoms with E-state index in [0.717, 1.165) is 23.0 Å². The lowest BCUT2D eigenvalue weighted by atomic mass is 10.1. The number of para-hydroxylation sites is 1. The van der Waals surface area contributed by atoms with Gasteiger partial charge < -0.3 is 10.1 Å². The first-order chi connectivity index (χ1) is 15.3. The van der Waals surface area contributed by atoms with Crippen LogP contribution in [0.1, 0.15) is 5.56 Å². The van der Waals surface area contributed by atoms with Crippen molar-refractivity contribution in [1.29, 1.82) is 0 Å². The second-order valence-electron chi connectivity index (χ2n) is 6.64. The van der Waals surface area contributed by atoms with E-state index in [9.17, 15) is 22.8 Å². The van der Waals surface area contributed by atoms with Gasteiger partial charge in [-0.1, -0.05) is 23.4 Å². The van der Waals surface area contributed by atoms with Crippen molar-refractivity contribution >= 4 is 22.8 Å². The van der Waals surface area contributed by atoms with E-state index in [1.54, 1.807) is 24.3 Å². The van der Waals surface area contributed by atoms with Gasteiger partial charge in [0.25, 0.3) is 5.56 Å². The van der Waals surface area contributed by atoms with Crippen LogP contribution in [0.3, 0.4) is 0 Å². The summed E-state index contributed by atoms with van der Waals surface area (Å²) in [5.41, 5.74) is -1.45. The summed E-state index contributed by atoms with van der Waals surface area (Å²) in [6, 6.07) is 11.4. The van der Waals surface area contributed by atoms with Crippen LogP contribution in [0.15, 0.2) is 59.7 Å². The molecular formula is C20H15F3N6O3. The highest BCUT2D eigenvalue weighted by Gasteiger charge is 2.33. The maximum Gasteiger partial charge on any atom is 0.418 e. The normalized spacial score (nSPS) is 11.5. The largest absolute Gasteiger partial charge is 0.497 e. The summed E-state index contributed by atoms with van der Waals surface area (Å²) in [7, 11) is 1.51. The summed E-state index contributed by atoms with van der Waals surface area (Å²) in [6.07, 6.45) is -3.53. The Balaban J connectivity index is 1.61. The number of anilines is 1. The lowest BCUT2D eigenvalue weighted by molar-refractivity contribution is -0.137. The number of hydrogen-bond acceptors (Lipinski definition) is 6. The average Bonchev–Trinajstić information content (AvgIpc) is 3.20. The molecule has 4 rings (SSSR count). The summed E-state index contributed by atoms with van der Waals surface area (Å²) < 4.78 is 46.8. The number of fused-ring (bicyclic) bond motifs is 1. The van der Waals surface area contributed by atoms with Crippen LogP contribution in [0.25, 0.3) is 16.9 Å². The number of carbonyl (C=O) groups is 1. The Labute approximate surface area is 178 Å². The van der Waals surface area contributed by atoms with E-state index in [0.29, 0.717) is 11.4 Å². The molecule has 0 bridgehead atoms. The minimum atomic E-state index is -4.64. The third-order valence-electron chi connectivity index (χ3n) is 4.55. The van der Waals surface area contributed by atoms with Gasteiger partial charge in [0.15, 0.2) is 11.2 Å². The van der Waals surface area contributed by atoms with Crippen LogP contribution in [-0.2, 0) is 17.5 Å². The molecule has 0 atom stereocenters. The quantitative estimate of drug-likeness (QED) is 0.508. The molecule has 2 heterocycles. The van der Waals surface area contributed by atoms with Crippen molar-refractivity contribution in [3.05, 3.63) is 70.8 Å². The molecule has 0 spiro atoms. The highest BCUT2D eigenvalue weighted by molar-refractivity contribution is 5.91. The van der Waals surface area contributed by atoms with Crippen LogP contribution >= 0.6 is 0 Å². The van der Waals surface area contributed by atoms with Crippen molar-refractivity contribution in [3.63, 3.8) is 0 Å². The maximum atomic E-state index is 13.1. The van der Waals surface area contributed by atoms with E-state index in [4.69, 9.17) is 4.74 Å². The van der Waals surface area contributed by atoms with Gasteiger partial charge >= 0.3 is 6.18 Å². The number of rotatable bonds is 5. The van der Waals surface area contributed by atoms with E-state index in [1.165, 1.54) is 23.9 Å². The molecule has 0 saturated heterocycles. The molecule has 1 N–H and O–H groups in total. The van der Waals surface area contributed by atoms with Crippen molar-refractivity contribution in [1.82, 2.24) is 24.5 Å². The van der Waals surface area contributed by atoms with Crippen molar-refractivity contribution < 1.29 is 22.7 Å². The predicted octanol–water partition coefficient (Wildman–Crippen LogP) is 2.64. The average molecular weight is 444 g/mol. The van der Waals surface area contributed by atoms with E-state index in [2.05, 4.69) is 20.6 Å². The zero-order valence-electron chi connectivity index (χ0n) is 16.5. The van der Waals surface area contributed by atoms with Crippen molar-refractivity contribution in [2.24, 2.45) is 0 Å². The lowest BCUT2D eigenvalue weighted by Crippen LogP contribution is -2.28. The number of amides is 1. The summed E-state index contributed by atoms with van der Waals surface area (Å²) in [6.45, 7) is -0.556. The fourth-order valence-electron chi connectivity index (χ4n) is 3.06. The van der Waals surface area contributed by atoms with E-state index >= 15 is 0 Å². The van der Waals surface area contributed by atoms with Crippen LogP contribution in [0.2, 0.25) is 0 Å². The molecule has 32 heavy (non-hydrogen) atoms. The molecule has 9 nitrogen and oxygen atoms in total. The SMILES string of the molecule is COc1cccc(-n2nnc3c(=O)n(CC(=O)Nc4ccccc4C(F)(F)F)cnc32)c1. The Hall–Kier alpha value is -4.22. The molecule has 0 radical (unpaired) electrons. The lowest BCUT2D eigenvalue weighted by Gasteiger charge is -2.13. The first-order valence-electron chi connectivity index (χ1n) is 9.19. The first kappa shape index (κ1) is 21.0. The molecule has 0 saturated carbocycles. The molecular weight excluding hydrogens is 429 g/mol. The number of alkyl halides is 3. The molecule has 0 aliphatic carbocycles. The Morgan fingerprint density at radius 2 is 1.94 bits per heavy atom. The van der Waals surface area contributed by atoms with Crippen LogP contribution in [0.4, 0.5) is 18.9 Å². The van der Waals surface area contributed by atoms with Gasteiger partial charge in [-0.05, 0) is 24.3 Å². The van der Waals surface area contributed by atoms with Crippen molar-refractivity contribution in [2.75, 3.05) is 12.4 Å². The molecule has 12 heteroatoms. The number of methoxy groups -OCH3 is 1. The summed E-state index contributed by atoms with van der Waals surface area (Å²) >= 11 is 0. The Morgan fingerprint density at radius 3 is 2.69 bits per heavy atom. The Kier molecular flexibility index (Phi) is 5.34. The second-order valence-corrected chi connectivity index (χ2v) is 6.64. The van der Waals surface area contributed by atoms with Crippen LogP contribution in [0, 0.1) is 0 Å². The molecule has 2 aromatic carbocycles. The van der Waals surface area contributed by atoms with Gasteiger partial charge in [0.05, 0.1) is 24.0 Å². The number of hydrogen-bond donors (Lipinski definition) is 1. The van der Waals surface area contributed by atoms with Gasteiger partial charge in [0.2, 0.25) is 5.91 Å². The Bertz CT molecular complexity index is 1360. The molecule has 1 amide bonds. The standard InChI is InChI=1S/C20H15F3N6O3/c1-32-13-6-4-5-12(9-13)29-18-17(26-27-29)19(31)28(11-24-18)10-16(30)25-15-8-3-2-7-14(15)20(21,22)23/h2-9,11H,10H2,1H3,(H,25,30). The summed E-state index contributed by atoms with van der Waals surface area (Å²) in [4.78, 5) is 29.2. The number of ether oxygens (including phenoxy) is 1. The fourth-order valence-corrected chi connectivity index (χ4v) is 3.06. The minimum Gasteiger partial charge on any atom is -0.497 e. The number of carbonyl (C=O) groups excluding carboxylic acids is 1. The van der Waals surface area contributed by atoms with Crippen molar-refractivity contribution in [2.45, 2.75) is 12.7 Å². The van der Waals surface area contributed by atoms with Gasteiger partial charge in [0.1, 0.15) is 18.6 Å². The molecule has 164 valence electrons. The van der Waals surface area contributed by atoms with E-state index in [1.807, 2.05) is 0 Å². The number of halogens is 3. The summed E-state index contributed by atoms with van der Waals surface area (Å²) in [5, 5.41) is 9.97. The molecule has 0 aliphatic rings. The maximum absolute atomic E-state index is 13.1. The Morgan fingerprint density at radius 1 is 1.16 bits per heavy atom. The monoisotopic (exact) mass is 444 g/mol. The number of nitrogens with zero attached hydrogens (tertiary/aromatic N) is 5. The zero-order chi connectivity index (χ0) is 22.9. The number of aromatic nitrogens is 5. The number of benzene rings is 2. The van der Waals surface area contributed by atoms with Gasteiger partial charge in [-0.2, -0.15) is 17.9 Å². The van der Waals surface area contributed by atoms with E-state index < -0.39 is 35.4 Å². The summed E-state index contributed by atoms with van der Waals surface area (Å²) in [5.74, 6) is -0.263. The highest BCUT2D eigenvalue weighted by atomic mass is 19.4. The fraction of sp³-hybridized carbons (Fsp3) is 0.150. The van der Waals surface area contributed by atoms with Crippen molar-refractivity contribution in [3.8, 4) is 11.4 Å². The molecule has 2 aromatic heterocycles. The second kappa shape index (κ2) is 8.13. The highest BCUT2D eigenvalue weighted by Crippen LogP contribution is 2.34. The van der Waals surface area contributed by atoms with Gasteiger partial charge in [0, 0.05) is 6.07 Å². The third kappa shape index (κ3) is 4.02. The third-order valence-corrected chi connectivity index (χ3v) is 4.55. The van der Waals surface area contributed by atoms with Crippen LogP contribution in [0.5, 0.6) is 5.75 Å². The zero-order valence-corrected chi connectivity index (χ0v) is 16.5. The van der Waals surface area contributed by atoms with Crippen LogP contribution in [-0.4, -0.2) is 37.6 Å². The molecule has 4 aromatic rings. The van der Waals surface area contributed by atoms with Gasteiger partial charge in [-0.25, -0.2) is 4.98 Å². The minimum absolute atomic E-state index is 0.0983. The van der Waals surface area contributed by atoms with Gasteiger partial charge in [-0.3, -0.25) is 14.2 Å².